The first-order chi connectivity index (χ1) is 18.6. The van der Waals surface area contributed by atoms with Crippen molar-refractivity contribution in [3.05, 3.63) is 84.9 Å². The minimum atomic E-state index is -0.448. The SMILES string of the molecule is CCCCCCCC(C)n1c(-c2ccc(OC(=O)NCC)cc2)nc(-c2ccccc2)c1-c1ccccc1. The third kappa shape index (κ3) is 6.71. The molecule has 1 heterocycles. The third-order valence-electron chi connectivity index (χ3n) is 6.82. The number of imidazole rings is 1. The number of benzene rings is 3. The van der Waals surface area contributed by atoms with E-state index in [4.69, 9.17) is 9.72 Å². The van der Waals surface area contributed by atoms with Gasteiger partial charge in [-0.2, -0.15) is 0 Å². The summed E-state index contributed by atoms with van der Waals surface area (Å²) >= 11 is 0. The van der Waals surface area contributed by atoms with E-state index in [1.165, 1.54) is 32.1 Å². The zero-order valence-corrected chi connectivity index (χ0v) is 22.8. The van der Waals surface area contributed by atoms with Gasteiger partial charge in [0.1, 0.15) is 11.6 Å². The van der Waals surface area contributed by atoms with Gasteiger partial charge in [-0.1, -0.05) is 99.7 Å². The summed E-state index contributed by atoms with van der Waals surface area (Å²) in [6.45, 7) is 6.95. The molecule has 3 aromatic carbocycles. The summed E-state index contributed by atoms with van der Waals surface area (Å²) in [5.41, 5.74) is 5.35. The number of aromatic nitrogens is 2. The fourth-order valence-corrected chi connectivity index (χ4v) is 4.87. The molecule has 0 fully saturated rings. The molecule has 0 saturated carbocycles. The minimum Gasteiger partial charge on any atom is -0.410 e. The van der Waals surface area contributed by atoms with Crippen LogP contribution in [0.25, 0.3) is 33.9 Å². The standard InChI is InChI=1S/C33H39N3O2/c1-4-6-7-8-11-16-25(3)36-31(27-19-14-10-15-20-27)30(26-17-12-9-13-18-26)35-32(36)28-21-23-29(24-22-28)38-33(37)34-5-2/h9-10,12-15,17-25H,4-8,11,16H2,1-3H3,(H,34,37). The Bertz CT molecular complexity index is 1280. The molecular weight excluding hydrogens is 470 g/mol. The molecule has 0 saturated heterocycles. The number of rotatable bonds is 12. The van der Waals surface area contributed by atoms with Crippen molar-refractivity contribution in [2.45, 2.75) is 65.3 Å². The highest BCUT2D eigenvalue weighted by molar-refractivity contribution is 5.82. The number of amides is 1. The highest BCUT2D eigenvalue weighted by Gasteiger charge is 2.24. The Morgan fingerprint density at radius 3 is 2.08 bits per heavy atom. The monoisotopic (exact) mass is 509 g/mol. The second-order valence-corrected chi connectivity index (χ2v) is 9.73. The number of carbonyl (C=O) groups is 1. The molecule has 5 nitrogen and oxygen atoms in total. The van der Waals surface area contributed by atoms with Gasteiger partial charge in [-0.15, -0.1) is 0 Å². The lowest BCUT2D eigenvalue weighted by molar-refractivity contribution is 0.201. The Balaban J connectivity index is 1.79. The number of hydrogen-bond donors (Lipinski definition) is 1. The summed E-state index contributed by atoms with van der Waals surface area (Å²) in [5.74, 6) is 1.43. The van der Waals surface area contributed by atoms with Crippen LogP contribution in [0.4, 0.5) is 4.79 Å². The van der Waals surface area contributed by atoms with E-state index in [1.54, 1.807) is 0 Å². The number of nitrogens with one attached hydrogen (secondary N) is 1. The summed E-state index contributed by atoms with van der Waals surface area (Å²) in [5, 5.41) is 2.67. The normalized spacial score (nSPS) is 11.8. The largest absolute Gasteiger partial charge is 0.412 e. The molecule has 0 aliphatic carbocycles. The predicted molar refractivity (Wildman–Crippen MR) is 156 cm³/mol. The van der Waals surface area contributed by atoms with E-state index in [0.29, 0.717) is 12.3 Å². The van der Waals surface area contributed by atoms with Gasteiger partial charge in [0.15, 0.2) is 0 Å². The van der Waals surface area contributed by atoms with Crippen molar-refractivity contribution in [3.63, 3.8) is 0 Å². The lowest BCUT2D eigenvalue weighted by atomic mass is 10.0. The van der Waals surface area contributed by atoms with E-state index < -0.39 is 6.09 Å². The van der Waals surface area contributed by atoms with Crippen molar-refractivity contribution in [2.75, 3.05) is 6.54 Å². The molecule has 1 amide bonds. The number of carbonyl (C=O) groups excluding carboxylic acids is 1. The van der Waals surface area contributed by atoms with Crippen LogP contribution in [0.1, 0.15) is 65.3 Å². The van der Waals surface area contributed by atoms with Crippen LogP contribution in [0.3, 0.4) is 0 Å². The van der Waals surface area contributed by atoms with Gasteiger partial charge in [0.25, 0.3) is 0 Å². The predicted octanol–water partition coefficient (Wildman–Crippen LogP) is 8.91. The molecule has 1 aromatic heterocycles. The third-order valence-corrected chi connectivity index (χ3v) is 6.82. The zero-order chi connectivity index (χ0) is 26.7. The quantitative estimate of drug-likeness (QED) is 0.194. The van der Waals surface area contributed by atoms with Crippen molar-refractivity contribution in [2.24, 2.45) is 0 Å². The van der Waals surface area contributed by atoms with Crippen molar-refractivity contribution in [1.29, 1.82) is 0 Å². The molecule has 1 unspecified atom stereocenters. The topological polar surface area (TPSA) is 56.1 Å². The molecule has 1 atom stereocenters. The fraction of sp³-hybridized carbons (Fsp3) is 0.333. The Morgan fingerprint density at radius 1 is 0.816 bits per heavy atom. The maximum atomic E-state index is 11.9. The minimum absolute atomic E-state index is 0.262. The van der Waals surface area contributed by atoms with Gasteiger partial charge in [0, 0.05) is 29.3 Å². The molecule has 198 valence electrons. The first kappa shape index (κ1) is 27.2. The summed E-state index contributed by atoms with van der Waals surface area (Å²) in [7, 11) is 0. The van der Waals surface area contributed by atoms with E-state index in [2.05, 4.69) is 78.3 Å². The van der Waals surface area contributed by atoms with Crippen LogP contribution in [0, 0.1) is 0 Å². The molecule has 5 heteroatoms. The van der Waals surface area contributed by atoms with Gasteiger partial charge in [-0.05, 0) is 44.5 Å². The smallest absolute Gasteiger partial charge is 0.410 e. The molecule has 0 aliphatic heterocycles. The van der Waals surface area contributed by atoms with Gasteiger partial charge in [0.2, 0.25) is 0 Å². The van der Waals surface area contributed by atoms with Crippen molar-refractivity contribution in [3.8, 4) is 39.7 Å². The Hall–Kier alpha value is -3.86. The average Bonchev–Trinajstić information content (AvgIpc) is 3.35. The summed E-state index contributed by atoms with van der Waals surface area (Å²) in [6.07, 6.45) is 6.90. The first-order valence-corrected chi connectivity index (χ1v) is 13.9. The van der Waals surface area contributed by atoms with Crippen LogP contribution >= 0.6 is 0 Å². The van der Waals surface area contributed by atoms with Gasteiger partial charge >= 0.3 is 6.09 Å². The van der Waals surface area contributed by atoms with Crippen LogP contribution in [0.2, 0.25) is 0 Å². The maximum Gasteiger partial charge on any atom is 0.412 e. The average molecular weight is 510 g/mol. The molecule has 4 aromatic rings. The van der Waals surface area contributed by atoms with Gasteiger partial charge in [-0.3, -0.25) is 0 Å². The molecular formula is C33H39N3O2. The molecule has 38 heavy (non-hydrogen) atoms. The molecule has 1 N–H and O–H groups in total. The number of nitrogens with zero attached hydrogens (tertiary/aromatic N) is 2. The fourth-order valence-electron chi connectivity index (χ4n) is 4.87. The van der Waals surface area contributed by atoms with E-state index in [-0.39, 0.29) is 6.04 Å². The molecule has 0 spiro atoms. The number of unbranched alkanes of at least 4 members (excludes halogenated alkanes) is 4. The highest BCUT2D eigenvalue weighted by atomic mass is 16.5. The van der Waals surface area contributed by atoms with Gasteiger partial charge in [0.05, 0.1) is 11.4 Å². The van der Waals surface area contributed by atoms with Crippen LogP contribution in [-0.2, 0) is 0 Å². The van der Waals surface area contributed by atoms with Crippen molar-refractivity contribution in [1.82, 2.24) is 14.9 Å². The Morgan fingerprint density at radius 2 is 1.45 bits per heavy atom. The number of hydrogen-bond acceptors (Lipinski definition) is 3. The zero-order valence-electron chi connectivity index (χ0n) is 22.8. The molecule has 0 radical (unpaired) electrons. The van der Waals surface area contributed by atoms with E-state index >= 15 is 0 Å². The van der Waals surface area contributed by atoms with E-state index in [9.17, 15) is 4.79 Å². The Kier molecular flexibility index (Phi) is 9.74. The second-order valence-electron chi connectivity index (χ2n) is 9.73. The lowest BCUT2D eigenvalue weighted by Gasteiger charge is -2.21. The summed E-state index contributed by atoms with van der Waals surface area (Å²) in [4.78, 5) is 17.2. The van der Waals surface area contributed by atoms with E-state index in [0.717, 1.165) is 40.3 Å². The molecule has 0 bridgehead atoms. The van der Waals surface area contributed by atoms with Gasteiger partial charge < -0.3 is 14.6 Å². The second kappa shape index (κ2) is 13.6. The number of ether oxygens (including phenoxy) is 1. The Labute approximate surface area is 226 Å². The maximum absolute atomic E-state index is 11.9. The molecule has 4 rings (SSSR count). The summed E-state index contributed by atoms with van der Waals surface area (Å²) in [6, 6.07) is 28.9. The van der Waals surface area contributed by atoms with Crippen LogP contribution in [0.5, 0.6) is 5.75 Å². The molecule has 0 aliphatic rings. The van der Waals surface area contributed by atoms with Crippen LogP contribution in [0.15, 0.2) is 84.9 Å². The lowest BCUT2D eigenvalue weighted by Crippen LogP contribution is -2.26. The van der Waals surface area contributed by atoms with Crippen molar-refractivity contribution >= 4 is 6.09 Å². The van der Waals surface area contributed by atoms with Crippen molar-refractivity contribution < 1.29 is 9.53 Å². The van der Waals surface area contributed by atoms with Gasteiger partial charge in [-0.25, -0.2) is 9.78 Å². The van der Waals surface area contributed by atoms with Crippen LogP contribution in [-0.4, -0.2) is 22.2 Å². The van der Waals surface area contributed by atoms with E-state index in [1.807, 2.05) is 37.3 Å². The summed E-state index contributed by atoms with van der Waals surface area (Å²) < 4.78 is 7.81. The van der Waals surface area contributed by atoms with Crippen LogP contribution < -0.4 is 10.1 Å². The highest BCUT2D eigenvalue weighted by Crippen LogP contribution is 2.39. The first-order valence-electron chi connectivity index (χ1n) is 13.9.